The van der Waals surface area contributed by atoms with Gasteiger partial charge in [0.25, 0.3) is 0 Å². The van der Waals surface area contributed by atoms with E-state index in [9.17, 15) is 19.3 Å². The number of hydrogen-bond acceptors (Lipinski definition) is 9. The summed E-state index contributed by atoms with van der Waals surface area (Å²) in [7, 11) is -1.28. The number of rotatable bonds is 10. The quantitative estimate of drug-likeness (QED) is 0.302. The van der Waals surface area contributed by atoms with Crippen LogP contribution >= 0.6 is 11.8 Å². The van der Waals surface area contributed by atoms with Crippen molar-refractivity contribution in [2.45, 2.75) is 37.0 Å². The Labute approximate surface area is 230 Å². The number of benzene rings is 1. The van der Waals surface area contributed by atoms with Crippen LogP contribution in [0, 0.1) is 5.82 Å². The molecule has 4 heterocycles. The molecule has 1 atom stereocenters. The molecule has 198 valence electrons. The summed E-state index contributed by atoms with van der Waals surface area (Å²) < 4.78 is 19.4. The van der Waals surface area contributed by atoms with E-state index in [1.165, 1.54) is 17.8 Å². The first-order chi connectivity index (χ1) is 19.0. The molecular formula is C28H25BFN4O4S-. The van der Waals surface area contributed by atoms with E-state index < -0.39 is 24.5 Å². The fourth-order valence-corrected chi connectivity index (χ4v) is 5.51. The highest BCUT2D eigenvalue weighted by molar-refractivity contribution is 8.00. The Kier molecular flexibility index (Phi) is 8.50. The smallest absolute Gasteiger partial charge is 0.536 e. The zero-order chi connectivity index (χ0) is 27.2. The lowest BCUT2D eigenvalue weighted by Crippen LogP contribution is -2.41. The van der Waals surface area contributed by atoms with Gasteiger partial charge >= 0.3 is 7.12 Å². The van der Waals surface area contributed by atoms with Crippen LogP contribution in [-0.4, -0.2) is 43.1 Å². The van der Waals surface area contributed by atoms with E-state index in [-0.39, 0.29) is 10.9 Å². The van der Waals surface area contributed by atoms with E-state index in [1.54, 1.807) is 12.4 Å². The van der Waals surface area contributed by atoms with Crippen LogP contribution in [0.4, 0.5) is 4.39 Å². The molecule has 0 fully saturated rings. The predicted molar refractivity (Wildman–Crippen MR) is 144 cm³/mol. The van der Waals surface area contributed by atoms with Crippen molar-refractivity contribution in [3.05, 3.63) is 119 Å². The minimum absolute atomic E-state index is 0.161. The van der Waals surface area contributed by atoms with Crippen molar-refractivity contribution < 1.29 is 24.0 Å². The molecule has 0 aliphatic carbocycles. The molecule has 1 aromatic carbocycles. The lowest BCUT2D eigenvalue weighted by Gasteiger charge is -2.29. The number of pyridine rings is 3. The third-order valence-corrected chi connectivity index (χ3v) is 7.66. The number of fused-ring (bicyclic) bond motifs is 1. The maximum atomic E-state index is 13.9. The number of nitrogens with zero attached hydrogens (tertiary/aromatic N) is 4. The van der Waals surface area contributed by atoms with Crippen molar-refractivity contribution in [2.75, 3.05) is 0 Å². The number of aromatic nitrogens is 3. The third-order valence-electron chi connectivity index (χ3n) is 6.33. The molecule has 0 saturated heterocycles. The highest BCUT2D eigenvalue weighted by Gasteiger charge is 2.37. The van der Waals surface area contributed by atoms with Crippen LogP contribution < -0.4 is 9.76 Å². The Bertz CT molecular complexity index is 1380. The number of aromatic carboxylic acids is 1. The number of halogens is 1. The van der Waals surface area contributed by atoms with Crippen molar-refractivity contribution in [3.63, 3.8) is 0 Å². The summed E-state index contributed by atoms with van der Waals surface area (Å²) in [5, 5.41) is 21.4. The van der Waals surface area contributed by atoms with Crippen LogP contribution in [0.25, 0.3) is 0 Å². The van der Waals surface area contributed by atoms with Crippen molar-refractivity contribution in [2.24, 2.45) is 0 Å². The molecule has 3 aromatic heterocycles. The Balaban J connectivity index is 1.22. The summed E-state index contributed by atoms with van der Waals surface area (Å²) in [6.07, 6.45) is 5.72. The largest absolute Gasteiger partial charge is 0.545 e. The number of hydrogen-bond donors (Lipinski definition) is 1. The van der Waals surface area contributed by atoms with E-state index in [1.807, 2.05) is 54.7 Å². The van der Waals surface area contributed by atoms with Crippen molar-refractivity contribution in [1.82, 2.24) is 19.9 Å². The maximum Gasteiger partial charge on any atom is 0.536 e. The van der Waals surface area contributed by atoms with Crippen molar-refractivity contribution >= 4 is 24.8 Å². The topological polar surface area (TPSA) is 112 Å². The van der Waals surface area contributed by atoms with Gasteiger partial charge in [0.1, 0.15) is 11.6 Å². The zero-order valence-corrected chi connectivity index (χ0v) is 21.8. The molecule has 0 saturated carbocycles. The summed E-state index contributed by atoms with van der Waals surface area (Å²) in [5.41, 5.74) is 3.67. The fourth-order valence-electron chi connectivity index (χ4n) is 4.42. The Hall–Kier alpha value is -3.80. The fraction of sp³-hybridized carbons (Fsp3) is 0.214. The van der Waals surface area contributed by atoms with E-state index in [0.29, 0.717) is 37.4 Å². The van der Waals surface area contributed by atoms with Crippen LogP contribution in [0.5, 0.6) is 5.75 Å². The number of carbonyl (C=O) groups is 1. The minimum Gasteiger partial charge on any atom is -0.545 e. The van der Waals surface area contributed by atoms with Gasteiger partial charge in [-0.1, -0.05) is 24.3 Å². The Morgan fingerprint density at radius 3 is 2.23 bits per heavy atom. The predicted octanol–water partition coefficient (Wildman–Crippen LogP) is 2.83. The van der Waals surface area contributed by atoms with Crippen LogP contribution in [0.2, 0.25) is 0 Å². The number of carboxylic acid groups (broad SMARTS) is 1. The molecule has 1 N–H and O–H groups in total. The lowest BCUT2D eigenvalue weighted by molar-refractivity contribution is -0.255. The van der Waals surface area contributed by atoms with Gasteiger partial charge in [0.2, 0.25) is 0 Å². The van der Waals surface area contributed by atoms with E-state index in [4.69, 9.17) is 4.65 Å². The molecular weight excluding hydrogens is 518 g/mol. The first kappa shape index (κ1) is 26.8. The molecule has 1 aliphatic rings. The minimum atomic E-state index is -1.67. The van der Waals surface area contributed by atoms with Crippen molar-refractivity contribution in [3.8, 4) is 5.75 Å². The maximum absolute atomic E-state index is 13.9. The zero-order valence-electron chi connectivity index (χ0n) is 20.9. The normalized spacial score (nSPS) is 14.6. The molecule has 0 radical (unpaired) electrons. The highest BCUT2D eigenvalue weighted by atomic mass is 32.2. The molecule has 11 heteroatoms. The lowest BCUT2D eigenvalue weighted by atomic mass is 9.77. The number of thioether (sulfide) groups is 1. The van der Waals surface area contributed by atoms with Gasteiger partial charge in [0.15, 0.2) is 0 Å². The molecule has 5 rings (SSSR count). The average molecular weight is 543 g/mol. The van der Waals surface area contributed by atoms with Crippen LogP contribution in [-0.2, 0) is 31.8 Å². The molecule has 0 unspecified atom stereocenters. The van der Waals surface area contributed by atoms with Gasteiger partial charge < -0.3 is 19.6 Å². The SMILES string of the molecule is O=C([O-])c1c(F)ccc2c1OB(O)[C@@H](SCc1ccc(CN(Cc3ccccn3)Cc3ccccn3)nc1)C2. The van der Waals surface area contributed by atoms with E-state index in [0.717, 1.165) is 28.7 Å². The summed E-state index contributed by atoms with van der Waals surface area (Å²) >= 11 is 1.47. The second kappa shape index (κ2) is 12.4. The summed E-state index contributed by atoms with van der Waals surface area (Å²) in [6.45, 7) is 1.92. The molecule has 8 nitrogen and oxygen atoms in total. The van der Waals surface area contributed by atoms with Gasteiger partial charge in [-0.2, -0.15) is 11.8 Å². The van der Waals surface area contributed by atoms with Crippen LogP contribution in [0.3, 0.4) is 0 Å². The second-order valence-electron chi connectivity index (χ2n) is 9.21. The Morgan fingerprint density at radius 2 is 1.67 bits per heavy atom. The van der Waals surface area contributed by atoms with Gasteiger partial charge in [-0.3, -0.25) is 19.9 Å². The molecule has 0 amide bonds. The summed E-state index contributed by atoms with van der Waals surface area (Å²) in [4.78, 5) is 27.1. The third kappa shape index (κ3) is 6.80. The monoisotopic (exact) mass is 543 g/mol. The first-order valence-corrected chi connectivity index (χ1v) is 13.5. The molecule has 4 aromatic rings. The van der Waals surface area contributed by atoms with Gasteiger partial charge in [-0.15, -0.1) is 0 Å². The molecule has 1 aliphatic heterocycles. The Morgan fingerprint density at radius 1 is 1.00 bits per heavy atom. The average Bonchev–Trinajstić information content (AvgIpc) is 2.93. The van der Waals surface area contributed by atoms with Gasteiger partial charge in [0, 0.05) is 44.0 Å². The molecule has 39 heavy (non-hydrogen) atoms. The number of carboxylic acids is 1. The van der Waals surface area contributed by atoms with E-state index in [2.05, 4.69) is 19.9 Å². The molecule has 0 spiro atoms. The van der Waals surface area contributed by atoms with Crippen LogP contribution in [0.1, 0.15) is 38.6 Å². The van der Waals surface area contributed by atoms with Gasteiger partial charge in [-0.05, 0) is 53.9 Å². The standard InChI is InChI=1S/C28H26BFN4O4S/c30-24-10-8-20-13-25(29(37)38-27(20)26(24)28(35)36)39-18-19-7-9-23(33-14-19)17-34(15-21-5-1-3-11-31-21)16-22-6-2-4-12-32-22/h1-12,14,25,37H,13,15-18H2,(H,35,36)/p-1/t25-/m0/s1. The summed E-state index contributed by atoms with van der Waals surface area (Å²) in [6, 6.07) is 18.3. The molecule has 0 bridgehead atoms. The van der Waals surface area contributed by atoms with Gasteiger partial charge in [0.05, 0.1) is 33.8 Å². The van der Waals surface area contributed by atoms with Crippen LogP contribution in [0.15, 0.2) is 79.3 Å². The van der Waals surface area contributed by atoms with Crippen molar-refractivity contribution in [1.29, 1.82) is 0 Å². The van der Waals surface area contributed by atoms with Gasteiger partial charge in [-0.25, -0.2) is 4.39 Å². The summed E-state index contributed by atoms with van der Waals surface area (Å²) in [5.74, 6) is -2.22. The number of carbonyl (C=O) groups excluding carboxylic acids is 1. The highest BCUT2D eigenvalue weighted by Crippen LogP contribution is 2.36. The second-order valence-corrected chi connectivity index (χ2v) is 10.4. The van der Waals surface area contributed by atoms with E-state index >= 15 is 0 Å². The first-order valence-electron chi connectivity index (χ1n) is 12.4.